The number of benzene rings is 3. The highest BCUT2D eigenvalue weighted by Crippen LogP contribution is 2.23. The van der Waals surface area contributed by atoms with Gasteiger partial charge in [0.05, 0.1) is 0 Å². The summed E-state index contributed by atoms with van der Waals surface area (Å²) >= 11 is 12.0. The Morgan fingerprint density at radius 1 is 0.923 bits per heavy atom. The molecule has 0 aliphatic heterocycles. The molecule has 0 saturated carbocycles. The first-order valence-electron chi connectivity index (χ1n) is 8.06. The maximum atomic E-state index is 12.1. The van der Waals surface area contributed by atoms with Gasteiger partial charge < -0.3 is 4.74 Å². The summed E-state index contributed by atoms with van der Waals surface area (Å²) in [7, 11) is 0. The number of carbonyl (C=O) groups excluding carboxylic acids is 1. The number of ether oxygens (including phenoxy) is 1. The van der Waals surface area contributed by atoms with Gasteiger partial charge in [-0.3, -0.25) is 4.79 Å². The molecule has 0 N–H and O–H groups in total. The fourth-order valence-electron chi connectivity index (χ4n) is 2.35. The van der Waals surface area contributed by atoms with Crippen LogP contribution in [0, 0.1) is 0 Å². The molecule has 0 heterocycles. The third-order valence-corrected chi connectivity index (χ3v) is 4.36. The van der Waals surface area contributed by atoms with Crippen molar-refractivity contribution in [3.63, 3.8) is 0 Å². The summed E-state index contributed by atoms with van der Waals surface area (Å²) in [6.45, 7) is 0.359. The zero-order chi connectivity index (χ0) is 18.4. The summed E-state index contributed by atoms with van der Waals surface area (Å²) in [5, 5.41) is 1.18. The van der Waals surface area contributed by atoms with Crippen molar-refractivity contribution in [3.8, 4) is 5.75 Å². The smallest absolute Gasteiger partial charge is 0.185 e. The van der Waals surface area contributed by atoms with Crippen molar-refractivity contribution in [2.75, 3.05) is 0 Å². The van der Waals surface area contributed by atoms with Crippen LogP contribution in [0.3, 0.4) is 0 Å². The lowest BCUT2D eigenvalue weighted by atomic mass is 10.1. The minimum atomic E-state index is -0.0247. The van der Waals surface area contributed by atoms with E-state index in [1.165, 1.54) is 0 Å². The zero-order valence-corrected chi connectivity index (χ0v) is 15.4. The Hall–Kier alpha value is -2.55. The second-order valence-electron chi connectivity index (χ2n) is 5.66. The number of halogens is 2. The highest BCUT2D eigenvalue weighted by Gasteiger charge is 2.03. The highest BCUT2D eigenvalue weighted by atomic mass is 35.5. The van der Waals surface area contributed by atoms with E-state index in [1.54, 1.807) is 36.4 Å². The Morgan fingerprint density at radius 2 is 1.65 bits per heavy atom. The fraction of sp³-hybridized carbons (Fsp3) is 0.0455. The topological polar surface area (TPSA) is 26.3 Å². The first kappa shape index (κ1) is 18.2. The summed E-state index contributed by atoms with van der Waals surface area (Å²) < 4.78 is 5.74. The molecule has 2 nitrogen and oxygen atoms in total. The number of hydrogen-bond acceptors (Lipinski definition) is 2. The molecular formula is C22H16Cl2O2. The molecule has 0 fully saturated rings. The van der Waals surface area contributed by atoms with Crippen molar-refractivity contribution in [2.24, 2.45) is 0 Å². The van der Waals surface area contributed by atoms with Gasteiger partial charge in [-0.25, -0.2) is 0 Å². The fourth-order valence-corrected chi connectivity index (χ4v) is 2.81. The van der Waals surface area contributed by atoms with Gasteiger partial charge >= 0.3 is 0 Å². The molecule has 0 saturated heterocycles. The normalized spacial score (nSPS) is 10.8. The predicted molar refractivity (Wildman–Crippen MR) is 107 cm³/mol. The molecule has 130 valence electrons. The van der Waals surface area contributed by atoms with Crippen molar-refractivity contribution in [1.82, 2.24) is 0 Å². The molecule has 3 aromatic rings. The molecule has 0 spiro atoms. The minimum absolute atomic E-state index is 0.0247. The quantitative estimate of drug-likeness (QED) is 0.360. The third kappa shape index (κ3) is 4.98. The van der Waals surface area contributed by atoms with Gasteiger partial charge in [-0.05, 0) is 35.9 Å². The van der Waals surface area contributed by atoms with E-state index in [2.05, 4.69) is 0 Å². The second kappa shape index (κ2) is 8.70. The Kier molecular flexibility index (Phi) is 6.11. The number of carbonyl (C=O) groups is 1. The van der Waals surface area contributed by atoms with Gasteiger partial charge in [0.1, 0.15) is 12.4 Å². The molecule has 0 aliphatic carbocycles. The Labute approximate surface area is 162 Å². The van der Waals surface area contributed by atoms with Gasteiger partial charge in [-0.1, -0.05) is 77.8 Å². The highest BCUT2D eigenvalue weighted by molar-refractivity contribution is 6.35. The second-order valence-corrected chi connectivity index (χ2v) is 6.50. The van der Waals surface area contributed by atoms with Gasteiger partial charge in [-0.2, -0.15) is 0 Å². The first-order valence-corrected chi connectivity index (χ1v) is 8.82. The van der Waals surface area contributed by atoms with Crippen LogP contribution < -0.4 is 4.74 Å². The molecule has 0 atom stereocenters. The molecule has 0 aliphatic rings. The maximum absolute atomic E-state index is 12.1. The van der Waals surface area contributed by atoms with Crippen LogP contribution in [0.2, 0.25) is 10.0 Å². The molecule has 3 rings (SSSR count). The SMILES string of the molecule is O=C(/C=C/c1ccc(OCc2ccc(Cl)cc2Cl)cc1)c1ccccc1. The predicted octanol–water partition coefficient (Wildman–Crippen LogP) is 6.47. The van der Waals surface area contributed by atoms with Crippen molar-refractivity contribution < 1.29 is 9.53 Å². The number of hydrogen-bond donors (Lipinski definition) is 0. The summed E-state index contributed by atoms with van der Waals surface area (Å²) in [6.07, 6.45) is 3.36. The lowest BCUT2D eigenvalue weighted by molar-refractivity contribution is 0.104. The van der Waals surface area contributed by atoms with E-state index in [9.17, 15) is 4.79 Å². The van der Waals surface area contributed by atoms with E-state index in [0.29, 0.717) is 22.2 Å². The Bertz CT molecular complexity index is 917. The van der Waals surface area contributed by atoms with Crippen molar-refractivity contribution in [3.05, 3.63) is 106 Å². The molecule has 3 aromatic carbocycles. The largest absolute Gasteiger partial charge is 0.489 e. The molecule has 0 amide bonds. The monoisotopic (exact) mass is 382 g/mol. The third-order valence-electron chi connectivity index (χ3n) is 3.78. The van der Waals surface area contributed by atoms with E-state index in [-0.39, 0.29) is 5.78 Å². The Morgan fingerprint density at radius 3 is 2.35 bits per heavy atom. The van der Waals surface area contributed by atoms with E-state index in [4.69, 9.17) is 27.9 Å². The molecule has 0 unspecified atom stereocenters. The summed E-state index contributed by atoms with van der Waals surface area (Å²) in [4.78, 5) is 12.1. The van der Waals surface area contributed by atoms with Gasteiger partial charge in [0.15, 0.2) is 5.78 Å². The van der Waals surface area contributed by atoms with Crippen molar-refractivity contribution >= 4 is 35.1 Å². The maximum Gasteiger partial charge on any atom is 0.185 e. The molecule has 4 heteroatoms. The van der Waals surface area contributed by atoms with E-state index >= 15 is 0 Å². The van der Waals surface area contributed by atoms with Gasteiger partial charge in [0.2, 0.25) is 0 Å². The van der Waals surface area contributed by atoms with Crippen LogP contribution in [0.4, 0.5) is 0 Å². The van der Waals surface area contributed by atoms with Gasteiger partial charge in [-0.15, -0.1) is 0 Å². The van der Waals surface area contributed by atoms with E-state index in [0.717, 1.165) is 16.9 Å². The minimum Gasteiger partial charge on any atom is -0.489 e. The molecule has 0 aromatic heterocycles. The standard InChI is InChI=1S/C22H16Cl2O2/c23-19-10-9-18(21(24)14-19)15-26-20-11-6-16(7-12-20)8-13-22(25)17-4-2-1-3-5-17/h1-14H,15H2/b13-8+. The van der Waals surface area contributed by atoms with Crippen LogP contribution in [0.15, 0.2) is 78.9 Å². The van der Waals surface area contributed by atoms with Crippen molar-refractivity contribution in [1.29, 1.82) is 0 Å². The molecule has 0 radical (unpaired) electrons. The average Bonchev–Trinajstić information content (AvgIpc) is 2.67. The number of rotatable bonds is 6. The van der Waals surface area contributed by atoms with Crippen LogP contribution in [0.25, 0.3) is 6.08 Å². The van der Waals surface area contributed by atoms with Crippen molar-refractivity contribution in [2.45, 2.75) is 6.61 Å². The summed E-state index contributed by atoms with van der Waals surface area (Å²) in [5.74, 6) is 0.700. The summed E-state index contributed by atoms with van der Waals surface area (Å²) in [6, 6.07) is 22.0. The molecule has 26 heavy (non-hydrogen) atoms. The lowest BCUT2D eigenvalue weighted by Crippen LogP contribution is -1.96. The van der Waals surface area contributed by atoms with E-state index in [1.807, 2.05) is 48.5 Å². The average molecular weight is 383 g/mol. The van der Waals surface area contributed by atoms with Crippen LogP contribution >= 0.6 is 23.2 Å². The first-order chi connectivity index (χ1) is 12.6. The summed E-state index contributed by atoms with van der Waals surface area (Å²) in [5.41, 5.74) is 2.46. The van der Waals surface area contributed by atoms with Gasteiger partial charge in [0, 0.05) is 21.2 Å². The van der Waals surface area contributed by atoms with E-state index < -0.39 is 0 Å². The zero-order valence-electron chi connectivity index (χ0n) is 13.9. The molecular weight excluding hydrogens is 367 g/mol. The Balaban J connectivity index is 1.59. The van der Waals surface area contributed by atoms with Gasteiger partial charge in [0.25, 0.3) is 0 Å². The van der Waals surface area contributed by atoms with Crippen LogP contribution in [-0.4, -0.2) is 5.78 Å². The number of ketones is 1. The van der Waals surface area contributed by atoms with Crippen LogP contribution in [0.5, 0.6) is 5.75 Å². The number of allylic oxidation sites excluding steroid dienone is 1. The molecule has 0 bridgehead atoms. The van der Waals surface area contributed by atoms with Crippen LogP contribution in [-0.2, 0) is 6.61 Å². The lowest BCUT2D eigenvalue weighted by Gasteiger charge is -2.08. The van der Waals surface area contributed by atoms with Crippen LogP contribution in [0.1, 0.15) is 21.5 Å².